The van der Waals surface area contributed by atoms with Gasteiger partial charge in [0, 0.05) is 18.1 Å². The molecule has 1 amide bonds. The van der Waals surface area contributed by atoms with Crippen molar-refractivity contribution in [1.29, 1.82) is 0 Å². The molecule has 2 heterocycles. The Hall–Kier alpha value is -1.85. The van der Waals surface area contributed by atoms with Gasteiger partial charge in [-0.3, -0.25) is 4.79 Å². The number of carbonyl (C=O) groups excluding carboxylic acids is 1. The molecule has 0 unspecified atom stereocenters. The molecule has 122 valence electrons. The zero-order chi connectivity index (χ0) is 16.6. The molecule has 2 atom stereocenters. The van der Waals surface area contributed by atoms with Gasteiger partial charge in [0.1, 0.15) is 0 Å². The zero-order valence-corrected chi connectivity index (χ0v) is 14.2. The van der Waals surface area contributed by atoms with E-state index in [9.17, 15) is 4.79 Å². The molecule has 3 rings (SSSR count). The summed E-state index contributed by atoms with van der Waals surface area (Å²) >= 11 is 6.04. The highest BCUT2D eigenvalue weighted by molar-refractivity contribution is 6.30. The van der Waals surface area contributed by atoms with E-state index in [4.69, 9.17) is 16.3 Å². The van der Waals surface area contributed by atoms with Crippen molar-refractivity contribution >= 4 is 17.5 Å². The van der Waals surface area contributed by atoms with Crippen molar-refractivity contribution in [2.24, 2.45) is 0 Å². The molecule has 5 nitrogen and oxygen atoms in total. The molecular formula is C17H20ClN3O2. The summed E-state index contributed by atoms with van der Waals surface area (Å²) in [5.41, 5.74) is 2.27. The third kappa shape index (κ3) is 3.26. The number of amides is 1. The van der Waals surface area contributed by atoms with Gasteiger partial charge in [0.05, 0.1) is 35.3 Å². The molecule has 0 aliphatic carbocycles. The van der Waals surface area contributed by atoms with Crippen molar-refractivity contribution < 1.29 is 9.53 Å². The summed E-state index contributed by atoms with van der Waals surface area (Å²) in [6, 6.07) is 7.42. The molecule has 0 N–H and O–H groups in total. The Labute approximate surface area is 140 Å². The second-order valence-corrected chi connectivity index (χ2v) is 6.44. The molecule has 6 heteroatoms. The number of aromatic nitrogens is 2. The van der Waals surface area contributed by atoms with Gasteiger partial charge in [0.25, 0.3) is 5.91 Å². The molecule has 23 heavy (non-hydrogen) atoms. The van der Waals surface area contributed by atoms with E-state index in [-0.39, 0.29) is 18.1 Å². The normalized spacial score (nSPS) is 21.5. The second-order valence-electron chi connectivity index (χ2n) is 6.00. The van der Waals surface area contributed by atoms with E-state index in [1.165, 1.54) is 0 Å². The van der Waals surface area contributed by atoms with Crippen LogP contribution in [-0.4, -0.2) is 45.9 Å². The number of ether oxygens (including phenoxy) is 1. The summed E-state index contributed by atoms with van der Waals surface area (Å²) in [6.45, 7) is 7.07. The van der Waals surface area contributed by atoms with Gasteiger partial charge in [-0.05, 0) is 39.0 Å². The molecule has 1 fully saturated rings. The van der Waals surface area contributed by atoms with E-state index in [1.54, 1.807) is 10.9 Å². The quantitative estimate of drug-likeness (QED) is 0.848. The minimum absolute atomic E-state index is 0.00206. The lowest BCUT2D eigenvalue weighted by atomic mass is 10.1. The van der Waals surface area contributed by atoms with Gasteiger partial charge in [-0.25, -0.2) is 4.68 Å². The van der Waals surface area contributed by atoms with E-state index < -0.39 is 0 Å². The van der Waals surface area contributed by atoms with Crippen LogP contribution in [0, 0.1) is 6.92 Å². The van der Waals surface area contributed by atoms with Crippen molar-refractivity contribution in [1.82, 2.24) is 14.7 Å². The van der Waals surface area contributed by atoms with Crippen LogP contribution in [0.15, 0.2) is 30.5 Å². The Bertz CT molecular complexity index is 718. The number of benzene rings is 1. The van der Waals surface area contributed by atoms with Crippen LogP contribution in [0.3, 0.4) is 0 Å². The van der Waals surface area contributed by atoms with Crippen molar-refractivity contribution in [3.05, 3.63) is 46.7 Å². The van der Waals surface area contributed by atoms with Gasteiger partial charge in [-0.2, -0.15) is 5.10 Å². The molecule has 2 aromatic rings. The maximum Gasteiger partial charge on any atom is 0.257 e. The van der Waals surface area contributed by atoms with Crippen LogP contribution in [-0.2, 0) is 4.74 Å². The Morgan fingerprint density at radius 2 is 2.00 bits per heavy atom. The average molecular weight is 334 g/mol. The van der Waals surface area contributed by atoms with E-state index in [0.717, 1.165) is 11.4 Å². The Kier molecular flexibility index (Phi) is 4.41. The highest BCUT2D eigenvalue weighted by Crippen LogP contribution is 2.20. The largest absolute Gasteiger partial charge is 0.372 e. The minimum Gasteiger partial charge on any atom is -0.372 e. The number of carbonyl (C=O) groups is 1. The molecule has 0 spiro atoms. The molecule has 0 bridgehead atoms. The van der Waals surface area contributed by atoms with Crippen LogP contribution in [0.2, 0.25) is 5.02 Å². The molecular weight excluding hydrogens is 314 g/mol. The summed E-state index contributed by atoms with van der Waals surface area (Å²) in [7, 11) is 0. The summed E-state index contributed by atoms with van der Waals surface area (Å²) in [6.07, 6.45) is 1.72. The molecule has 1 aliphatic heterocycles. The second kappa shape index (κ2) is 6.34. The molecule has 0 radical (unpaired) electrons. The van der Waals surface area contributed by atoms with E-state index in [1.807, 2.05) is 49.9 Å². The lowest BCUT2D eigenvalue weighted by Gasteiger charge is -2.35. The fraction of sp³-hybridized carbons (Fsp3) is 0.412. The number of halogens is 1. The monoisotopic (exact) mass is 333 g/mol. The van der Waals surface area contributed by atoms with Crippen LogP contribution < -0.4 is 0 Å². The predicted molar refractivity (Wildman–Crippen MR) is 89.2 cm³/mol. The third-order valence-electron chi connectivity index (χ3n) is 4.00. The summed E-state index contributed by atoms with van der Waals surface area (Å²) in [5.74, 6) is -0.00206. The maximum atomic E-state index is 12.8. The van der Waals surface area contributed by atoms with E-state index in [2.05, 4.69) is 5.10 Å². The SMILES string of the molecule is Cc1c(C(=O)N2C[C@@H](C)O[C@H](C)C2)cnn1-c1cccc(Cl)c1. The molecule has 1 aliphatic rings. The topological polar surface area (TPSA) is 47.4 Å². The smallest absolute Gasteiger partial charge is 0.257 e. The number of rotatable bonds is 2. The van der Waals surface area contributed by atoms with Crippen LogP contribution in [0.25, 0.3) is 5.69 Å². The van der Waals surface area contributed by atoms with Crippen molar-refractivity contribution in [2.75, 3.05) is 13.1 Å². The highest BCUT2D eigenvalue weighted by Gasteiger charge is 2.28. The molecule has 0 saturated carbocycles. The number of nitrogens with zero attached hydrogens (tertiary/aromatic N) is 3. The van der Waals surface area contributed by atoms with Crippen molar-refractivity contribution in [3.8, 4) is 5.69 Å². The van der Waals surface area contributed by atoms with Crippen molar-refractivity contribution in [2.45, 2.75) is 33.0 Å². The lowest BCUT2D eigenvalue weighted by Crippen LogP contribution is -2.48. The summed E-state index contributed by atoms with van der Waals surface area (Å²) < 4.78 is 7.43. The Morgan fingerprint density at radius 1 is 1.30 bits per heavy atom. The first-order valence-corrected chi connectivity index (χ1v) is 8.09. The highest BCUT2D eigenvalue weighted by atomic mass is 35.5. The zero-order valence-electron chi connectivity index (χ0n) is 13.5. The summed E-state index contributed by atoms with van der Waals surface area (Å²) in [5, 5.41) is 5.00. The fourth-order valence-corrected chi connectivity index (χ4v) is 3.19. The number of hydrogen-bond acceptors (Lipinski definition) is 3. The van der Waals surface area contributed by atoms with Crippen LogP contribution in [0.4, 0.5) is 0 Å². The number of hydrogen-bond donors (Lipinski definition) is 0. The van der Waals surface area contributed by atoms with Crippen LogP contribution >= 0.6 is 11.6 Å². The van der Waals surface area contributed by atoms with Crippen LogP contribution in [0.1, 0.15) is 29.9 Å². The minimum atomic E-state index is -0.00206. The van der Waals surface area contributed by atoms with Crippen molar-refractivity contribution in [3.63, 3.8) is 0 Å². The van der Waals surface area contributed by atoms with E-state index in [0.29, 0.717) is 23.7 Å². The molecule has 1 aromatic heterocycles. The van der Waals surface area contributed by atoms with Crippen LogP contribution in [0.5, 0.6) is 0 Å². The van der Waals surface area contributed by atoms with Gasteiger partial charge >= 0.3 is 0 Å². The summed E-state index contributed by atoms with van der Waals surface area (Å²) in [4.78, 5) is 14.7. The maximum absolute atomic E-state index is 12.8. The number of morpholine rings is 1. The Balaban J connectivity index is 1.88. The van der Waals surface area contributed by atoms with Gasteiger partial charge in [0.15, 0.2) is 0 Å². The standard InChI is InChI=1S/C17H20ClN3O2/c1-11-9-20(10-12(2)23-11)17(22)16-8-19-21(13(16)3)15-6-4-5-14(18)7-15/h4-8,11-12H,9-10H2,1-3H3/t11-,12-/m1/s1. The Morgan fingerprint density at radius 3 is 2.65 bits per heavy atom. The van der Waals surface area contributed by atoms with Gasteiger partial charge < -0.3 is 9.64 Å². The van der Waals surface area contributed by atoms with Gasteiger partial charge in [-0.1, -0.05) is 17.7 Å². The molecule has 1 saturated heterocycles. The average Bonchev–Trinajstić information content (AvgIpc) is 2.87. The first-order valence-electron chi connectivity index (χ1n) is 7.71. The fourth-order valence-electron chi connectivity index (χ4n) is 3.00. The van der Waals surface area contributed by atoms with Gasteiger partial charge in [0.2, 0.25) is 0 Å². The first-order chi connectivity index (χ1) is 11.0. The van der Waals surface area contributed by atoms with Gasteiger partial charge in [-0.15, -0.1) is 0 Å². The lowest BCUT2D eigenvalue weighted by molar-refractivity contribution is -0.0586. The predicted octanol–water partition coefficient (Wildman–Crippen LogP) is 3.08. The first kappa shape index (κ1) is 16.0. The van der Waals surface area contributed by atoms with E-state index >= 15 is 0 Å². The third-order valence-corrected chi connectivity index (χ3v) is 4.23. The molecule has 1 aromatic carbocycles.